The first-order valence-corrected chi connectivity index (χ1v) is 5.73. The summed E-state index contributed by atoms with van der Waals surface area (Å²) in [5.41, 5.74) is 0.936. The number of nitrogens with zero attached hydrogens (tertiary/aromatic N) is 1. The fourth-order valence-electron chi connectivity index (χ4n) is 2.10. The topological polar surface area (TPSA) is 54.4 Å². The standard InChI is InChI=1S/C12H18N2O2/c1-16-12-11(3-2-8-13-12)14-9-4-6-10(15)7-5-9/h2-3,8-10,14-15H,4-7H2,1H3. The number of rotatable bonds is 3. The van der Waals surface area contributed by atoms with E-state index < -0.39 is 0 Å². The van der Waals surface area contributed by atoms with E-state index in [1.165, 1.54) is 0 Å². The summed E-state index contributed by atoms with van der Waals surface area (Å²) < 4.78 is 5.18. The fourth-order valence-corrected chi connectivity index (χ4v) is 2.10. The highest BCUT2D eigenvalue weighted by molar-refractivity contribution is 5.52. The molecule has 0 unspecified atom stereocenters. The Hall–Kier alpha value is -1.29. The van der Waals surface area contributed by atoms with E-state index in [9.17, 15) is 5.11 Å². The number of pyridine rings is 1. The summed E-state index contributed by atoms with van der Waals surface area (Å²) in [6, 6.07) is 4.28. The van der Waals surface area contributed by atoms with Crippen LogP contribution in [0.25, 0.3) is 0 Å². The van der Waals surface area contributed by atoms with E-state index in [0.29, 0.717) is 11.9 Å². The van der Waals surface area contributed by atoms with Gasteiger partial charge in [-0.2, -0.15) is 0 Å². The first-order chi connectivity index (χ1) is 7.79. The molecular formula is C12H18N2O2. The average molecular weight is 222 g/mol. The van der Waals surface area contributed by atoms with Gasteiger partial charge < -0.3 is 15.2 Å². The van der Waals surface area contributed by atoms with Crippen LogP contribution >= 0.6 is 0 Å². The highest BCUT2D eigenvalue weighted by Crippen LogP contribution is 2.26. The Morgan fingerprint density at radius 2 is 2.12 bits per heavy atom. The first kappa shape index (κ1) is 11.2. The second-order valence-corrected chi connectivity index (χ2v) is 4.21. The van der Waals surface area contributed by atoms with Crippen molar-refractivity contribution in [2.45, 2.75) is 37.8 Å². The summed E-state index contributed by atoms with van der Waals surface area (Å²) in [6.45, 7) is 0. The zero-order valence-corrected chi connectivity index (χ0v) is 9.52. The van der Waals surface area contributed by atoms with Crippen LogP contribution in [0, 0.1) is 0 Å². The van der Waals surface area contributed by atoms with Crippen LogP contribution in [0.15, 0.2) is 18.3 Å². The highest BCUT2D eigenvalue weighted by atomic mass is 16.5. The predicted octanol–water partition coefficient (Wildman–Crippen LogP) is 1.81. The van der Waals surface area contributed by atoms with Gasteiger partial charge >= 0.3 is 0 Å². The zero-order valence-electron chi connectivity index (χ0n) is 9.52. The molecule has 2 N–H and O–H groups in total. The maximum Gasteiger partial charge on any atom is 0.237 e. The predicted molar refractivity (Wildman–Crippen MR) is 62.7 cm³/mol. The number of aromatic nitrogens is 1. The van der Waals surface area contributed by atoms with E-state index >= 15 is 0 Å². The number of aliphatic hydroxyl groups excluding tert-OH is 1. The van der Waals surface area contributed by atoms with Gasteiger partial charge in [0, 0.05) is 12.2 Å². The molecule has 16 heavy (non-hydrogen) atoms. The number of hydrogen-bond donors (Lipinski definition) is 2. The molecule has 0 radical (unpaired) electrons. The molecule has 2 rings (SSSR count). The molecule has 1 heterocycles. The van der Waals surface area contributed by atoms with Gasteiger partial charge in [-0.15, -0.1) is 0 Å². The normalized spacial score (nSPS) is 25.1. The second-order valence-electron chi connectivity index (χ2n) is 4.21. The fraction of sp³-hybridized carbons (Fsp3) is 0.583. The number of ether oxygens (including phenoxy) is 1. The minimum Gasteiger partial charge on any atom is -0.480 e. The van der Waals surface area contributed by atoms with Crippen LogP contribution in [0.1, 0.15) is 25.7 Å². The van der Waals surface area contributed by atoms with Crippen molar-refractivity contribution in [3.05, 3.63) is 18.3 Å². The van der Waals surface area contributed by atoms with Crippen LogP contribution in [0.4, 0.5) is 5.69 Å². The van der Waals surface area contributed by atoms with Gasteiger partial charge in [0.15, 0.2) is 0 Å². The van der Waals surface area contributed by atoms with Crippen LogP contribution in [0.3, 0.4) is 0 Å². The van der Waals surface area contributed by atoms with Crippen molar-refractivity contribution in [3.63, 3.8) is 0 Å². The number of hydrogen-bond acceptors (Lipinski definition) is 4. The molecule has 1 aliphatic rings. The van der Waals surface area contributed by atoms with Crippen molar-refractivity contribution >= 4 is 5.69 Å². The molecule has 1 fully saturated rings. The van der Waals surface area contributed by atoms with E-state index in [0.717, 1.165) is 31.4 Å². The van der Waals surface area contributed by atoms with Crippen molar-refractivity contribution in [3.8, 4) is 5.88 Å². The third kappa shape index (κ3) is 2.64. The summed E-state index contributed by atoms with van der Waals surface area (Å²) >= 11 is 0. The maximum atomic E-state index is 9.43. The molecule has 0 atom stereocenters. The lowest BCUT2D eigenvalue weighted by Gasteiger charge is -2.27. The Bertz CT molecular complexity index is 336. The third-order valence-electron chi connectivity index (χ3n) is 3.02. The third-order valence-corrected chi connectivity index (χ3v) is 3.02. The Labute approximate surface area is 95.7 Å². The maximum absolute atomic E-state index is 9.43. The average Bonchev–Trinajstić information content (AvgIpc) is 2.33. The summed E-state index contributed by atoms with van der Waals surface area (Å²) in [4.78, 5) is 4.14. The van der Waals surface area contributed by atoms with Crippen LogP contribution in [-0.4, -0.2) is 29.3 Å². The van der Waals surface area contributed by atoms with Crippen molar-refractivity contribution in [1.29, 1.82) is 0 Å². The number of aliphatic hydroxyl groups is 1. The molecule has 1 saturated carbocycles. The van der Waals surface area contributed by atoms with Crippen molar-refractivity contribution < 1.29 is 9.84 Å². The van der Waals surface area contributed by atoms with Gasteiger partial charge in [0.05, 0.1) is 18.9 Å². The molecule has 0 spiro atoms. The summed E-state index contributed by atoms with van der Waals surface area (Å²) in [5, 5.41) is 12.9. The largest absolute Gasteiger partial charge is 0.480 e. The molecule has 0 amide bonds. The Kier molecular flexibility index (Phi) is 3.62. The molecule has 1 aromatic heterocycles. The van der Waals surface area contributed by atoms with Crippen LogP contribution < -0.4 is 10.1 Å². The van der Waals surface area contributed by atoms with Crippen LogP contribution in [-0.2, 0) is 0 Å². The number of methoxy groups -OCH3 is 1. The molecule has 0 aliphatic heterocycles. The molecule has 4 heteroatoms. The summed E-state index contributed by atoms with van der Waals surface area (Å²) in [7, 11) is 1.62. The number of anilines is 1. The van der Waals surface area contributed by atoms with E-state index in [4.69, 9.17) is 4.74 Å². The minimum atomic E-state index is -0.117. The lowest BCUT2D eigenvalue weighted by atomic mass is 9.93. The molecule has 0 bridgehead atoms. The van der Waals surface area contributed by atoms with Crippen molar-refractivity contribution in [2.24, 2.45) is 0 Å². The lowest BCUT2D eigenvalue weighted by Crippen LogP contribution is -2.28. The molecular weight excluding hydrogens is 204 g/mol. The van der Waals surface area contributed by atoms with E-state index in [2.05, 4.69) is 10.3 Å². The monoisotopic (exact) mass is 222 g/mol. The van der Waals surface area contributed by atoms with E-state index in [1.54, 1.807) is 13.3 Å². The Balaban J connectivity index is 1.98. The molecule has 1 aliphatic carbocycles. The van der Waals surface area contributed by atoms with Gasteiger partial charge in [-0.25, -0.2) is 4.98 Å². The lowest BCUT2D eigenvalue weighted by molar-refractivity contribution is 0.126. The second kappa shape index (κ2) is 5.16. The van der Waals surface area contributed by atoms with Crippen molar-refractivity contribution in [2.75, 3.05) is 12.4 Å². The summed E-state index contributed by atoms with van der Waals surface area (Å²) in [5.74, 6) is 0.633. The van der Waals surface area contributed by atoms with Crippen LogP contribution in [0.5, 0.6) is 5.88 Å². The van der Waals surface area contributed by atoms with Crippen molar-refractivity contribution in [1.82, 2.24) is 4.98 Å². The smallest absolute Gasteiger partial charge is 0.237 e. The minimum absolute atomic E-state index is 0.117. The van der Waals surface area contributed by atoms with Crippen LogP contribution in [0.2, 0.25) is 0 Å². The summed E-state index contributed by atoms with van der Waals surface area (Å²) in [6.07, 6.45) is 5.35. The Morgan fingerprint density at radius 3 is 2.81 bits per heavy atom. The van der Waals surface area contributed by atoms with Gasteiger partial charge in [-0.3, -0.25) is 0 Å². The van der Waals surface area contributed by atoms with Gasteiger partial charge in [-0.05, 0) is 37.8 Å². The van der Waals surface area contributed by atoms with Gasteiger partial charge in [0.25, 0.3) is 0 Å². The molecule has 0 saturated heterocycles. The molecule has 0 aromatic carbocycles. The SMILES string of the molecule is COc1ncccc1NC1CCC(O)CC1. The van der Waals surface area contributed by atoms with Gasteiger partial charge in [0.2, 0.25) is 5.88 Å². The van der Waals surface area contributed by atoms with E-state index in [-0.39, 0.29) is 6.10 Å². The number of nitrogens with one attached hydrogen (secondary N) is 1. The molecule has 4 nitrogen and oxygen atoms in total. The van der Waals surface area contributed by atoms with Gasteiger partial charge in [-0.1, -0.05) is 0 Å². The quantitative estimate of drug-likeness (QED) is 0.819. The van der Waals surface area contributed by atoms with Gasteiger partial charge in [0.1, 0.15) is 0 Å². The Morgan fingerprint density at radius 1 is 1.38 bits per heavy atom. The van der Waals surface area contributed by atoms with E-state index in [1.807, 2.05) is 12.1 Å². The highest BCUT2D eigenvalue weighted by Gasteiger charge is 2.20. The molecule has 1 aromatic rings. The first-order valence-electron chi connectivity index (χ1n) is 5.73. The molecule has 88 valence electrons. The zero-order chi connectivity index (χ0) is 11.4.